The average molecular weight is 197 g/mol. The molecule has 2 heterocycles. The molecule has 3 heteroatoms. The summed E-state index contributed by atoms with van der Waals surface area (Å²) in [6, 6.07) is 4.33. The Morgan fingerprint density at radius 1 is 1.62 bits per heavy atom. The van der Waals surface area contributed by atoms with Gasteiger partial charge in [-0.25, -0.2) is 0 Å². The van der Waals surface area contributed by atoms with Gasteiger partial charge in [0.05, 0.1) is 18.6 Å². The van der Waals surface area contributed by atoms with Gasteiger partial charge in [0.2, 0.25) is 0 Å². The van der Waals surface area contributed by atoms with E-state index < -0.39 is 0 Å². The van der Waals surface area contributed by atoms with Crippen LogP contribution in [-0.2, 0) is 10.2 Å². The molecule has 0 aromatic carbocycles. The van der Waals surface area contributed by atoms with Gasteiger partial charge in [0.25, 0.3) is 0 Å². The molecule has 2 nitrogen and oxygen atoms in total. The Morgan fingerprint density at radius 3 is 2.92 bits per heavy atom. The standard InChI is InChI=1S/C10H15NOS/c1-2-11-6-10(7-12-8-10)9-4-3-5-13-9/h3-5,11H,2,6-8H2,1H3. The van der Waals surface area contributed by atoms with Gasteiger partial charge in [-0.15, -0.1) is 11.3 Å². The average Bonchev–Trinajstić information content (AvgIpc) is 2.56. The Kier molecular flexibility index (Phi) is 2.67. The van der Waals surface area contributed by atoms with Gasteiger partial charge in [-0.3, -0.25) is 0 Å². The van der Waals surface area contributed by atoms with Crippen LogP contribution in [0.5, 0.6) is 0 Å². The largest absolute Gasteiger partial charge is 0.379 e. The second-order valence-corrected chi connectivity index (χ2v) is 4.48. The fourth-order valence-corrected chi connectivity index (χ4v) is 2.53. The predicted octanol–water partition coefficient (Wildman–Crippen LogP) is 1.63. The fourth-order valence-electron chi connectivity index (χ4n) is 1.62. The number of nitrogens with one attached hydrogen (secondary N) is 1. The van der Waals surface area contributed by atoms with Crippen molar-refractivity contribution in [3.8, 4) is 0 Å². The fraction of sp³-hybridized carbons (Fsp3) is 0.600. The van der Waals surface area contributed by atoms with Crippen molar-refractivity contribution < 1.29 is 4.74 Å². The monoisotopic (exact) mass is 197 g/mol. The first kappa shape index (κ1) is 9.19. The lowest BCUT2D eigenvalue weighted by atomic mass is 9.84. The number of hydrogen-bond donors (Lipinski definition) is 1. The lowest BCUT2D eigenvalue weighted by Gasteiger charge is -2.41. The zero-order chi connectivity index (χ0) is 9.15. The van der Waals surface area contributed by atoms with Crippen molar-refractivity contribution >= 4 is 11.3 Å². The molecule has 72 valence electrons. The minimum absolute atomic E-state index is 0.282. The van der Waals surface area contributed by atoms with Crippen molar-refractivity contribution in [1.82, 2.24) is 5.32 Å². The quantitative estimate of drug-likeness (QED) is 0.792. The third-order valence-corrected chi connectivity index (χ3v) is 3.63. The van der Waals surface area contributed by atoms with Crippen molar-refractivity contribution in [2.75, 3.05) is 26.3 Å². The maximum absolute atomic E-state index is 5.33. The van der Waals surface area contributed by atoms with E-state index in [1.165, 1.54) is 4.88 Å². The maximum Gasteiger partial charge on any atom is 0.0638 e. The summed E-state index contributed by atoms with van der Waals surface area (Å²) in [7, 11) is 0. The van der Waals surface area contributed by atoms with Crippen LogP contribution in [0.4, 0.5) is 0 Å². The van der Waals surface area contributed by atoms with E-state index in [2.05, 4.69) is 29.8 Å². The van der Waals surface area contributed by atoms with E-state index in [9.17, 15) is 0 Å². The predicted molar refractivity (Wildman–Crippen MR) is 55.4 cm³/mol. The van der Waals surface area contributed by atoms with Gasteiger partial charge in [0.15, 0.2) is 0 Å². The van der Waals surface area contributed by atoms with E-state index >= 15 is 0 Å². The van der Waals surface area contributed by atoms with Crippen LogP contribution in [0.3, 0.4) is 0 Å². The van der Waals surface area contributed by atoms with Crippen LogP contribution in [0.15, 0.2) is 17.5 Å². The van der Waals surface area contributed by atoms with Gasteiger partial charge in [0.1, 0.15) is 0 Å². The summed E-state index contributed by atoms with van der Waals surface area (Å²) < 4.78 is 5.33. The molecule has 0 saturated carbocycles. The molecule has 13 heavy (non-hydrogen) atoms. The van der Waals surface area contributed by atoms with Gasteiger partial charge in [-0.2, -0.15) is 0 Å². The Balaban J connectivity index is 2.07. The molecule has 0 amide bonds. The molecule has 0 unspecified atom stereocenters. The number of ether oxygens (including phenoxy) is 1. The van der Waals surface area contributed by atoms with Gasteiger partial charge >= 0.3 is 0 Å². The molecule has 0 aliphatic carbocycles. The summed E-state index contributed by atoms with van der Waals surface area (Å²) in [5.74, 6) is 0. The zero-order valence-electron chi connectivity index (χ0n) is 7.88. The van der Waals surface area contributed by atoms with Gasteiger partial charge in [0, 0.05) is 11.4 Å². The van der Waals surface area contributed by atoms with Crippen LogP contribution in [0, 0.1) is 0 Å². The van der Waals surface area contributed by atoms with Crippen LogP contribution >= 0.6 is 11.3 Å². The van der Waals surface area contributed by atoms with E-state index in [-0.39, 0.29) is 5.41 Å². The van der Waals surface area contributed by atoms with E-state index in [0.29, 0.717) is 0 Å². The van der Waals surface area contributed by atoms with Crippen molar-refractivity contribution in [3.05, 3.63) is 22.4 Å². The van der Waals surface area contributed by atoms with Crippen LogP contribution < -0.4 is 5.32 Å². The first-order chi connectivity index (χ1) is 6.37. The smallest absolute Gasteiger partial charge is 0.0638 e. The summed E-state index contributed by atoms with van der Waals surface area (Å²) >= 11 is 1.84. The molecule has 1 aromatic rings. The summed E-state index contributed by atoms with van der Waals surface area (Å²) in [6.07, 6.45) is 0. The molecular formula is C10H15NOS. The minimum Gasteiger partial charge on any atom is -0.379 e. The molecule has 0 spiro atoms. The first-order valence-corrected chi connectivity index (χ1v) is 5.58. The second-order valence-electron chi connectivity index (χ2n) is 3.53. The highest BCUT2D eigenvalue weighted by molar-refractivity contribution is 7.10. The molecule has 2 rings (SSSR count). The molecule has 1 fully saturated rings. The normalized spacial score (nSPS) is 19.8. The summed E-state index contributed by atoms with van der Waals surface area (Å²) in [4.78, 5) is 1.46. The number of likely N-dealkylation sites (N-methyl/N-ethyl adjacent to an activating group) is 1. The third kappa shape index (κ3) is 1.64. The number of hydrogen-bond acceptors (Lipinski definition) is 3. The van der Waals surface area contributed by atoms with Gasteiger partial charge in [-0.1, -0.05) is 13.0 Å². The molecule has 1 aromatic heterocycles. The molecule has 1 saturated heterocycles. The third-order valence-electron chi connectivity index (χ3n) is 2.51. The Morgan fingerprint density at radius 2 is 2.46 bits per heavy atom. The van der Waals surface area contributed by atoms with Gasteiger partial charge < -0.3 is 10.1 Å². The maximum atomic E-state index is 5.33. The zero-order valence-corrected chi connectivity index (χ0v) is 8.69. The topological polar surface area (TPSA) is 21.3 Å². The highest BCUT2D eigenvalue weighted by Crippen LogP contribution is 2.34. The first-order valence-electron chi connectivity index (χ1n) is 4.70. The SMILES string of the molecule is CCNCC1(c2cccs2)COC1. The van der Waals surface area contributed by atoms with E-state index in [1.807, 2.05) is 11.3 Å². The highest BCUT2D eigenvalue weighted by atomic mass is 32.1. The van der Waals surface area contributed by atoms with Crippen molar-refractivity contribution in [1.29, 1.82) is 0 Å². The molecular weight excluding hydrogens is 182 g/mol. The van der Waals surface area contributed by atoms with Crippen molar-refractivity contribution in [2.24, 2.45) is 0 Å². The Bertz CT molecular complexity index is 254. The van der Waals surface area contributed by atoms with Crippen LogP contribution in [-0.4, -0.2) is 26.3 Å². The lowest BCUT2D eigenvalue weighted by molar-refractivity contribution is -0.0569. The molecule has 1 aliphatic heterocycles. The van der Waals surface area contributed by atoms with Crippen molar-refractivity contribution in [3.63, 3.8) is 0 Å². The Hall–Kier alpha value is -0.380. The molecule has 0 atom stereocenters. The number of thiophene rings is 1. The van der Waals surface area contributed by atoms with Crippen LogP contribution in [0.2, 0.25) is 0 Å². The molecule has 0 radical (unpaired) electrons. The number of rotatable bonds is 4. The molecule has 0 bridgehead atoms. The molecule has 1 aliphatic rings. The minimum atomic E-state index is 0.282. The van der Waals surface area contributed by atoms with Crippen molar-refractivity contribution in [2.45, 2.75) is 12.3 Å². The summed E-state index contributed by atoms with van der Waals surface area (Å²) in [6.45, 7) is 5.97. The van der Waals surface area contributed by atoms with E-state index in [0.717, 1.165) is 26.3 Å². The summed E-state index contributed by atoms with van der Waals surface area (Å²) in [5, 5.41) is 5.55. The second kappa shape index (κ2) is 3.78. The highest BCUT2D eigenvalue weighted by Gasteiger charge is 2.40. The van der Waals surface area contributed by atoms with Crippen LogP contribution in [0.25, 0.3) is 0 Å². The van der Waals surface area contributed by atoms with Crippen LogP contribution in [0.1, 0.15) is 11.8 Å². The molecule has 1 N–H and O–H groups in total. The Labute approximate surface area is 82.9 Å². The summed E-state index contributed by atoms with van der Waals surface area (Å²) in [5.41, 5.74) is 0.282. The van der Waals surface area contributed by atoms with E-state index in [1.54, 1.807) is 0 Å². The lowest BCUT2D eigenvalue weighted by Crippen LogP contribution is -2.52. The van der Waals surface area contributed by atoms with E-state index in [4.69, 9.17) is 4.74 Å². The van der Waals surface area contributed by atoms with Gasteiger partial charge in [-0.05, 0) is 18.0 Å².